The molecule has 0 saturated heterocycles. The van der Waals surface area contributed by atoms with Gasteiger partial charge in [0.25, 0.3) is 0 Å². The second kappa shape index (κ2) is 5.42. The number of rotatable bonds is 5. The number of thiocarbonyl (C=S) groups is 1. The van der Waals surface area contributed by atoms with Crippen LogP contribution in [-0.2, 0) is 14.3 Å². The average molecular weight is 188 g/mol. The van der Waals surface area contributed by atoms with Crippen molar-refractivity contribution in [2.45, 2.75) is 6.42 Å². The number of aliphatic carboxylic acids is 1. The summed E-state index contributed by atoms with van der Waals surface area (Å²) in [6, 6.07) is 0. The van der Waals surface area contributed by atoms with Crippen LogP contribution in [0.15, 0.2) is 12.2 Å². The molecule has 0 unspecified atom stereocenters. The number of ether oxygens (including phenoxy) is 1. The first kappa shape index (κ1) is 10.8. The lowest BCUT2D eigenvalue weighted by molar-refractivity contribution is -0.142. The van der Waals surface area contributed by atoms with E-state index in [1.54, 1.807) is 0 Å². The molecule has 5 heteroatoms. The van der Waals surface area contributed by atoms with Gasteiger partial charge < -0.3 is 9.84 Å². The van der Waals surface area contributed by atoms with Gasteiger partial charge in [0.2, 0.25) is 0 Å². The molecule has 0 amide bonds. The molecule has 0 aromatic carbocycles. The van der Waals surface area contributed by atoms with E-state index in [9.17, 15) is 9.59 Å². The average Bonchev–Trinajstić information content (AvgIpc) is 2.02. The van der Waals surface area contributed by atoms with E-state index >= 15 is 0 Å². The van der Waals surface area contributed by atoms with Crippen LogP contribution in [0, 0.1) is 0 Å². The Labute approximate surface area is 74.8 Å². The quantitative estimate of drug-likeness (QED) is 0.388. The fraction of sp³-hybridized carbons (Fsp3) is 0.286. The third-order valence-electron chi connectivity index (χ3n) is 0.954. The maximum absolute atomic E-state index is 10.7. The molecule has 0 aliphatic rings. The van der Waals surface area contributed by atoms with Gasteiger partial charge in [-0.3, -0.25) is 4.79 Å². The van der Waals surface area contributed by atoms with Crippen LogP contribution in [0.5, 0.6) is 0 Å². The lowest BCUT2D eigenvalue weighted by atomic mass is 10.3. The predicted molar refractivity (Wildman–Crippen MR) is 46.0 cm³/mol. The Kier molecular flexibility index (Phi) is 4.87. The topological polar surface area (TPSA) is 63.6 Å². The van der Waals surface area contributed by atoms with Gasteiger partial charge in [-0.2, -0.15) is 0 Å². The minimum atomic E-state index is -1.02. The summed E-state index contributed by atoms with van der Waals surface area (Å²) in [5.74, 6) is -1.69. The molecule has 0 atom stereocenters. The first-order valence-electron chi connectivity index (χ1n) is 3.11. The molecular formula is C7H8O4S. The highest BCUT2D eigenvalue weighted by Gasteiger charge is 2.05. The summed E-state index contributed by atoms with van der Waals surface area (Å²) in [6.45, 7) is 3.13. The third kappa shape index (κ3) is 4.56. The minimum absolute atomic E-state index is 0.0513. The van der Waals surface area contributed by atoms with Gasteiger partial charge in [0, 0.05) is 5.37 Å². The van der Waals surface area contributed by atoms with Crippen molar-refractivity contribution in [1.29, 1.82) is 0 Å². The molecule has 0 saturated carbocycles. The molecule has 0 heterocycles. The minimum Gasteiger partial charge on any atom is -0.481 e. The first-order valence-corrected chi connectivity index (χ1v) is 3.58. The lowest BCUT2D eigenvalue weighted by Gasteiger charge is -2.00. The van der Waals surface area contributed by atoms with Crippen LogP contribution in [0.4, 0.5) is 0 Å². The Hall–Kier alpha value is -1.23. The van der Waals surface area contributed by atoms with Crippen LogP contribution >= 0.6 is 12.2 Å². The molecule has 4 nitrogen and oxygen atoms in total. The van der Waals surface area contributed by atoms with Crippen molar-refractivity contribution < 1.29 is 19.4 Å². The maximum atomic E-state index is 10.7. The molecule has 0 bridgehead atoms. The fourth-order valence-corrected chi connectivity index (χ4v) is 0.468. The molecular weight excluding hydrogens is 180 g/mol. The molecule has 66 valence electrons. The van der Waals surface area contributed by atoms with E-state index in [4.69, 9.17) is 5.11 Å². The molecule has 0 radical (unpaired) electrons. The van der Waals surface area contributed by atoms with E-state index in [-0.39, 0.29) is 18.6 Å². The Morgan fingerprint density at radius 1 is 1.58 bits per heavy atom. The van der Waals surface area contributed by atoms with Crippen LogP contribution < -0.4 is 0 Å². The standard InChI is InChI=1S/C7H8O4S/c1-5(4-12)7(10)11-3-2-6(8)9/h4H,1-3H2,(H,8,9). The van der Waals surface area contributed by atoms with Crippen molar-refractivity contribution in [2.75, 3.05) is 6.61 Å². The summed E-state index contributed by atoms with van der Waals surface area (Å²) >= 11 is 4.41. The van der Waals surface area contributed by atoms with Gasteiger partial charge in [-0.15, -0.1) is 0 Å². The number of carbonyl (C=O) groups is 2. The fourth-order valence-electron chi connectivity index (χ4n) is 0.372. The van der Waals surface area contributed by atoms with Crippen LogP contribution in [0.3, 0.4) is 0 Å². The number of carbonyl (C=O) groups excluding carboxylic acids is 1. The van der Waals surface area contributed by atoms with E-state index in [1.165, 1.54) is 0 Å². The lowest BCUT2D eigenvalue weighted by Crippen LogP contribution is -2.11. The molecule has 0 aromatic rings. The molecule has 0 spiro atoms. The van der Waals surface area contributed by atoms with Gasteiger partial charge in [-0.25, -0.2) is 4.79 Å². The van der Waals surface area contributed by atoms with Gasteiger partial charge in [0.15, 0.2) is 0 Å². The van der Waals surface area contributed by atoms with Crippen molar-refractivity contribution in [2.24, 2.45) is 0 Å². The second-order valence-corrected chi connectivity index (χ2v) is 2.16. The Bertz CT molecular complexity index is 221. The van der Waals surface area contributed by atoms with Crippen LogP contribution in [0.25, 0.3) is 0 Å². The van der Waals surface area contributed by atoms with Crippen molar-refractivity contribution in [1.82, 2.24) is 0 Å². The maximum Gasteiger partial charge on any atom is 0.338 e. The van der Waals surface area contributed by atoms with Crippen LogP contribution in [0.2, 0.25) is 0 Å². The highest BCUT2D eigenvalue weighted by atomic mass is 32.1. The monoisotopic (exact) mass is 188 g/mol. The highest BCUT2D eigenvalue weighted by molar-refractivity contribution is 7.79. The van der Waals surface area contributed by atoms with Crippen molar-refractivity contribution in [3.63, 3.8) is 0 Å². The van der Waals surface area contributed by atoms with Crippen molar-refractivity contribution in [3.05, 3.63) is 12.2 Å². The zero-order valence-corrected chi connectivity index (χ0v) is 7.10. The summed E-state index contributed by atoms with van der Waals surface area (Å²) in [7, 11) is 0. The Balaban J connectivity index is 3.65. The summed E-state index contributed by atoms with van der Waals surface area (Å²) in [6.07, 6.45) is -0.212. The number of carboxylic acids is 1. The van der Waals surface area contributed by atoms with Gasteiger partial charge in [0.05, 0.1) is 12.0 Å². The summed E-state index contributed by atoms with van der Waals surface area (Å²) in [5.41, 5.74) is 0.0513. The highest BCUT2D eigenvalue weighted by Crippen LogP contribution is 1.92. The largest absolute Gasteiger partial charge is 0.481 e. The van der Waals surface area contributed by atoms with E-state index in [0.29, 0.717) is 0 Å². The SMILES string of the molecule is C=C(C=S)C(=O)OCCC(=O)O. The van der Waals surface area contributed by atoms with Gasteiger partial charge in [-0.1, -0.05) is 18.8 Å². The van der Waals surface area contributed by atoms with E-state index in [2.05, 4.69) is 23.5 Å². The van der Waals surface area contributed by atoms with Gasteiger partial charge in [-0.05, 0) is 0 Å². The van der Waals surface area contributed by atoms with E-state index in [1.807, 2.05) is 0 Å². The summed E-state index contributed by atoms with van der Waals surface area (Å²) in [4.78, 5) is 20.7. The van der Waals surface area contributed by atoms with Crippen LogP contribution in [0.1, 0.15) is 6.42 Å². The van der Waals surface area contributed by atoms with E-state index < -0.39 is 11.9 Å². The van der Waals surface area contributed by atoms with Gasteiger partial charge >= 0.3 is 11.9 Å². The summed E-state index contributed by atoms with van der Waals surface area (Å²) in [5, 5.41) is 9.27. The summed E-state index contributed by atoms with van der Waals surface area (Å²) < 4.78 is 4.49. The normalized spacial score (nSPS) is 8.67. The molecule has 0 aromatic heterocycles. The number of carboxylic acid groups (broad SMARTS) is 1. The third-order valence-corrected chi connectivity index (χ3v) is 1.24. The van der Waals surface area contributed by atoms with Crippen LogP contribution in [-0.4, -0.2) is 29.0 Å². The molecule has 0 aliphatic carbocycles. The Morgan fingerprint density at radius 3 is 2.58 bits per heavy atom. The molecule has 0 rings (SSSR count). The molecule has 12 heavy (non-hydrogen) atoms. The first-order chi connectivity index (χ1) is 5.57. The van der Waals surface area contributed by atoms with Gasteiger partial charge in [0.1, 0.15) is 6.61 Å². The zero-order valence-electron chi connectivity index (χ0n) is 6.28. The smallest absolute Gasteiger partial charge is 0.338 e. The van der Waals surface area contributed by atoms with E-state index in [0.717, 1.165) is 5.37 Å². The molecule has 0 fully saturated rings. The molecule has 0 aliphatic heterocycles. The molecule has 1 N–H and O–H groups in total. The number of hydrogen-bond acceptors (Lipinski definition) is 4. The number of esters is 1. The van der Waals surface area contributed by atoms with Crippen molar-refractivity contribution >= 4 is 29.5 Å². The second-order valence-electron chi connectivity index (χ2n) is 1.92. The zero-order chi connectivity index (χ0) is 9.56. The van der Waals surface area contributed by atoms with Crippen molar-refractivity contribution in [3.8, 4) is 0 Å². The predicted octanol–water partition coefficient (Wildman–Crippen LogP) is 0.560. The Morgan fingerprint density at radius 2 is 2.17 bits per heavy atom. The number of hydrogen-bond donors (Lipinski definition) is 1.